The number of benzene rings is 2. The average Bonchev–Trinajstić information content (AvgIpc) is 3.63. The zero-order valence-corrected chi connectivity index (χ0v) is 17.8. The molecular formula is C23H25N3O5. The van der Waals surface area contributed by atoms with E-state index in [0.29, 0.717) is 41.4 Å². The predicted molar refractivity (Wildman–Crippen MR) is 116 cm³/mol. The molecule has 1 aliphatic rings. The highest BCUT2D eigenvalue weighted by Gasteiger charge is 2.30. The summed E-state index contributed by atoms with van der Waals surface area (Å²) < 4.78 is 15.7. The van der Waals surface area contributed by atoms with E-state index in [1.807, 2.05) is 18.2 Å². The average molecular weight is 423 g/mol. The van der Waals surface area contributed by atoms with Crippen molar-refractivity contribution in [2.75, 3.05) is 21.3 Å². The predicted octanol–water partition coefficient (Wildman–Crippen LogP) is 2.89. The van der Waals surface area contributed by atoms with Crippen molar-refractivity contribution >= 4 is 16.9 Å². The Morgan fingerprint density at radius 1 is 1.10 bits per heavy atom. The van der Waals surface area contributed by atoms with Crippen LogP contribution in [-0.4, -0.2) is 48.2 Å². The van der Waals surface area contributed by atoms with Gasteiger partial charge in [0.2, 0.25) is 0 Å². The normalized spacial score (nSPS) is 13.4. The lowest BCUT2D eigenvalue weighted by Crippen LogP contribution is -2.27. The van der Waals surface area contributed by atoms with Crippen molar-refractivity contribution < 1.29 is 19.0 Å². The molecule has 1 aliphatic carbocycles. The summed E-state index contributed by atoms with van der Waals surface area (Å²) in [5, 5.41) is 0.434. The van der Waals surface area contributed by atoms with Gasteiger partial charge in [0.15, 0.2) is 0 Å². The van der Waals surface area contributed by atoms with Crippen LogP contribution in [0, 0.1) is 0 Å². The number of aromatic nitrogens is 2. The highest BCUT2D eigenvalue weighted by atomic mass is 16.5. The molecule has 4 rings (SSSR count). The molecule has 0 bridgehead atoms. The third-order valence-corrected chi connectivity index (χ3v) is 5.45. The summed E-state index contributed by atoms with van der Waals surface area (Å²) in [5.41, 5.74) is 1.60. The van der Waals surface area contributed by atoms with Gasteiger partial charge in [-0.05, 0) is 49.2 Å². The Bertz CT molecular complexity index is 1170. The first kappa shape index (κ1) is 20.9. The molecule has 1 aromatic heterocycles. The molecule has 0 atom stereocenters. The number of carbonyl (C=O) groups is 1. The first-order chi connectivity index (χ1) is 15.0. The van der Waals surface area contributed by atoms with Gasteiger partial charge in [-0.25, -0.2) is 9.78 Å². The van der Waals surface area contributed by atoms with Crippen LogP contribution in [0.15, 0.2) is 41.2 Å². The Morgan fingerprint density at radius 3 is 2.58 bits per heavy atom. The number of hydrogen-bond acceptors (Lipinski definition) is 7. The number of esters is 1. The van der Waals surface area contributed by atoms with E-state index in [-0.39, 0.29) is 5.56 Å². The van der Waals surface area contributed by atoms with E-state index < -0.39 is 5.97 Å². The zero-order valence-electron chi connectivity index (χ0n) is 17.8. The SMILES string of the molecule is COC(=O)c1ccc2c(=O)[nH]c(CN(Cc3cc(OC)ccc3OC)C3CC3)nc2c1. The van der Waals surface area contributed by atoms with E-state index >= 15 is 0 Å². The number of aromatic amines is 1. The van der Waals surface area contributed by atoms with Gasteiger partial charge in [-0.1, -0.05) is 0 Å². The summed E-state index contributed by atoms with van der Waals surface area (Å²) in [6, 6.07) is 10.9. The first-order valence-corrected chi connectivity index (χ1v) is 10.1. The Morgan fingerprint density at radius 2 is 1.90 bits per heavy atom. The third kappa shape index (κ3) is 4.54. The molecule has 0 saturated heterocycles. The van der Waals surface area contributed by atoms with Crippen LogP contribution in [0.2, 0.25) is 0 Å². The molecule has 8 nitrogen and oxygen atoms in total. The lowest BCUT2D eigenvalue weighted by atomic mass is 10.1. The van der Waals surface area contributed by atoms with Gasteiger partial charge in [-0.2, -0.15) is 0 Å². The summed E-state index contributed by atoms with van der Waals surface area (Å²) in [6.07, 6.45) is 2.19. The van der Waals surface area contributed by atoms with Crippen LogP contribution in [-0.2, 0) is 17.8 Å². The van der Waals surface area contributed by atoms with Gasteiger partial charge in [0.25, 0.3) is 5.56 Å². The molecular weight excluding hydrogens is 398 g/mol. The number of hydrogen-bond donors (Lipinski definition) is 1. The Labute approximate surface area is 179 Å². The Balaban J connectivity index is 1.64. The van der Waals surface area contributed by atoms with Crippen molar-refractivity contribution in [1.29, 1.82) is 0 Å². The van der Waals surface area contributed by atoms with Crippen LogP contribution < -0.4 is 15.0 Å². The summed E-state index contributed by atoms with van der Waals surface area (Å²) >= 11 is 0. The van der Waals surface area contributed by atoms with E-state index in [9.17, 15) is 9.59 Å². The summed E-state index contributed by atoms with van der Waals surface area (Å²) in [5.74, 6) is 1.64. The molecule has 3 aromatic rings. The van der Waals surface area contributed by atoms with Gasteiger partial charge in [0, 0.05) is 18.2 Å². The monoisotopic (exact) mass is 423 g/mol. The number of methoxy groups -OCH3 is 3. The number of fused-ring (bicyclic) bond motifs is 1. The van der Waals surface area contributed by atoms with Crippen molar-refractivity contribution in [2.45, 2.75) is 32.0 Å². The van der Waals surface area contributed by atoms with E-state index in [0.717, 1.165) is 29.9 Å². The van der Waals surface area contributed by atoms with Gasteiger partial charge in [-0.15, -0.1) is 0 Å². The first-order valence-electron chi connectivity index (χ1n) is 10.1. The van der Waals surface area contributed by atoms with Crippen molar-refractivity contribution in [3.63, 3.8) is 0 Å². The number of ether oxygens (including phenoxy) is 3. The molecule has 0 unspecified atom stereocenters. The van der Waals surface area contributed by atoms with Crippen molar-refractivity contribution in [1.82, 2.24) is 14.9 Å². The smallest absolute Gasteiger partial charge is 0.337 e. The van der Waals surface area contributed by atoms with E-state index in [1.54, 1.807) is 32.4 Å². The molecule has 162 valence electrons. The fourth-order valence-electron chi connectivity index (χ4n) is 3.68. The van der Waals surface area contributed by atoms with Gasteiger partial charge in [0.05, 0.1) is 44.3 Å². The van der Waals surface area contributed by atoms with Crippen LogP contribution in [0.3, 0.4) is 0 Å². The van der Waals surface area contributed by atoms with E-state index in [1.165, 1.54) is 7.11 Å². The third-order valence-electron chi connectivity index (χ3n) is 5.45. The van der Waals surface area contributed by atoms with Crippen LogP contribution in [0.1, 0.15) is 34.6 Å². The van der Waals surface area contributed by atoms with Crippen molar-refractivity contribution in [3.8, 4) is 11.5 Å². The quantitative estimate of drug-likeness (QED) is 0.557. The second kappa shape index (κ2) is 8.77. The molecule has 0 spiro atoms. The molecule has 0 radical (unpaired) electrons. The Kier molecular flexibility index (Phi) is 5.90. The number of nitrogens with zero attached hydrogens (tertiary/aromatic N) is 2. The molecule has 1 heterocycles. The molecule has 0 aliphatic heterocycles. The van der Waals surface area contributed by atoms with Gasteiger partial charge >= 0.3 is 5.97 Å². The highest BCUT2D eigenvalue weighted by molar-refractivity contribution is 5.93. The molecule has 31 heavy (non-hydrogen) atoms. The molecule has 1 saturated carbocycles. The largest absolute Gasteiger partial charge is 0.497 e. The standard InChI is InChI=1S/C23H25N3O5/c1-29-17-7-9-20(30-2)15(10-17)12-26(16-5-6-16)13-21-24-19-11-14(23(28)31-3)4-8-18(19)22(27)25-21/h4,7-11,16H,5-6,12-13H2,1-3H3,(H,24,25,27). The number of rotatable bonds is 8. The fraction of sp³-hybridized carbons (Fsp3) is 0.348. The number of H-pyrrole nitrogens is 1. The molecule has 8 heteroatoms. The van der Waals surface area contributed by atoms with Crippen LogP contribution in [0.5, 0.6) is 11.5 Å². The summed E-state index contributed by atoms with van der Waals surface area (Å²) in [6.45, 7) is 1.10. The molecule has 2 aromatic carbocycles. The fourth-order valence-corrected chi connectivity index (χ4v) is 3.68. The van der Waals surface area contributed by atoms with E-state index in [2.05, 4.69) is 14.9 Å². The van der Waals surface area contributed by atoms with Crippen LogP contribution in [0.4, 0.5) is 0 Å². The van der Waals surface area contributed by atoms with Gasteiger partial charge < -0.3 is 19.2 Å². The van der Waals surface area contributed by atoms with Crippen LogP contribution >= 0.6 is 0 Å². The summed E-state index contributed by atoms with van der Waals surface area (Å²) in [4.78, 5) is 34.2. The topological polar surface area (TPSA) is 93.8 Å². The second-order valence-corrected chi connectivity index (χ2v) is 7.55. The minimum absolute atomic E-state index is 0.230. The van der Waals surface area contributed by atoms with Crippen LogP contribution in [0.25, 0.3) is 10.9 Å². The minimum atomic E-state index is -0.463. The number of nitrogens with one attached hydrogen (secondary N) is 1. The van der Waals surface area contributed by atoms with Gasteiger partial charge in [0.1, 0.15) is 17.3 Å². The lowest BCUT2D eigenvalue weighted by molar-refractivity contribution is 0.0601. The minimum Gasteiger partial charge on any atom is -0.497 e. The maximum absolute atomic E-state index is 12.6. The molecule has 0 amide bonds. The second-order valence-electron chi connectivity index (χ2n) is 7.55. The molecule has 1 N–H and O–H groups in total. The number of carbonyl (C=O) groups excluding carboxylic acids is 1. The maximum Gasteiger partial charge on any atom is 0.337 e. The maximum atomic E-state index is 12.6. The lowest BCUT2D eigenvalue weighted by Gasteiger charge is -2.23. The Hall–Kier alpha value is -3.39. The van der Waals surface area contributed by atoms with Crippen molar-refractivity contribution in [2.24, 2.45) is 0 Å². The zero-order chi connectivity index (χ0) is 22.0. The highest BCUT2D eigenvalue weighted by Crippen LogP contribution is 2.32. The van der Waals surface area contributed by atoms with Gasteiger partial charge in [-0.3, -0.25) is 9.69 Å². The summed E-state index contributed by atoms with van der Waals surface area (Å²) in [7, 11) is 4.61. The molecule has 1 fully saturated rings. The van der Waals surface area contributed by atoms with E-state index in [4.69, 9.17) is 14.2 Å². The van der Waals surface area contributed by atoms with Crippen molar-refractivity contribution in [3.05, 3.63) is 63.7 Å².